The first-order valence-electron chi connectivity index (χ1n) is 13.0. The summed E-state index contributed by atoms with van der Waals surface area (Å²) >= 11 is 0. The molecule has 1 atom stereocenters. The van der Waals surface area contributed by atoms with Crippen LogP contribution in [0, 0.1) is 5.92 Å². The molecule has 0 aliphatic heterocycles. The third kappa shape index (κ3) is 8.97. The van der Waals surface area contributed by atoms with Crippen LogP contribution in [-0.2, 0) is 26.7 Å². The molecule has 2 aromatic carbocycles. The molecule has 3 N–H and O–H groups in total. The van der Waals surface area contributed by atoms with Gasteiger partial charge in [-0.1, -0.05) is 64.1 Å². The summed E-state index contributed by atoms with van der Waals surface area (Å²) in [5.41, 5.74) is 3.49. The zero-order valence-corrected chi connectivity index (χ0v) is 23.1. The Morgan fingerprint density at radius 2 is 1.57 bits per heavy atom. The van der Waals surface area contributed by atoms with Crippen molar-refractivity contribution in [3.63, 3.8) is 0 Å². The van der Waals surface area contributed by atoms with E-state index in [1.165, 1.54) is 5.56 Å². The van der Waals surface area contributed by atoms with Gasteiger partial charge >= 0.3 is 0 Å². The Morgan fingerprint density at radius 3 is 2.11 bits per heavy atom. The first-order chi connectivity index (χ1) is 17.3. The second-order valence-electron chi connectivity index (χ2n) is 11.3. The van der Waals surface area contributed by atoms with Crippen molar-refractivity contribution >= 4 is 21.9 Å². The van der Waals surface area contributed by atoms with Crippen molar-refractivity contribution in [2.45, 2.75) is 77.2 Å². The maximum atomic E-state index is 13.5. The highest BCUT2D eigenvalue weighted by Gasteiger charge is 2.26. The van der Waals surface area contributed by atoms with Crippen molar-refractivity contribution in [3.8, 4) is 0 Å². The molecule has 0 radical (unpaired) electrons. The van der Waals surface area contributed by atoms with Crippen molar-refractivity contribution in [1.82, 2.24) is 10.6 Å². The highest BCUT2D eigenvalue weighted by Crippen LogP contribution is 2.28. The monoisotopic (exact) mass is 528 g/mol. The Labute approximate surface area is 221 Å². The molecular weight excluding hydrogens is 488 g/mol. The van der Waals surface area contributed by atoms with Crippen LogP contribution in [0.15, 0.2) is 48.5 Å². The van der Waals surface area contributed by atoms with Crippen molar-refractivity contribution in [1.29, 1.82) is 0 Å². The molecule has 1 aliphatic carbocycles. The fraction of sp³-hybridized carbons (Fsp3) is 0.517. The summed E-state index contributed by atoms with van der Waals surface area (Å²) in [6, 6.07) is 15.5. The van der Waals surface area contributed by atoms with Gasteiger partial charge in [0.1, 0.15) is 0 Å². The second-order valence-corrected chi connectivity index (χ2v) is 12.9. The molecule has 3 rings (SSSR count). The van der Waals surface area contributed by atoms with Crippen LogP contribution >= 0.6 is 0 Å². The fourth-order valence-corrected chi connectivity index (χ4v) is 5.07. The van der Waals surface area contributed by atoms with E-state index in [0.717, 1.165) is 36.8 Å². The lowest BCUT2D eigenvalue weighted by Gasteiger charge is -2.29. The average molecular weight is 529 g/mol. The SMILES string of the molecule is CC1CCC(NC(=O)C(Cc2ccc(C(=O)NCCS(=O)(=O)O)cc2)c2ccc(C(C)(C)C)cc2)CC1. The van der Waals surface area contributed by atoms with Crippen LogP contribution < -0.4 is 10.6 Å². The molecule has 2 amide bonds. The van der Waals surface area contributed by atoms with Gasteiger partial charge in [0.05, 0.1) is 11.7 Å². The molecule has 2 aromatic rings. The van der Waals surface area contributed by atoms with Gasteiger partial charge in [0.2, 0.25) is 5.91 Å². The Morgan fingerprint density at radius 1 is 0.973 bits per heavy atom. The molecule has 8 heteroatoms. The quantitative estimate of drug-likeness (QED) is 0.411. The van der Waals surface area contributed by atoms with Crippen LogP contribution in [0.1, 0.15) is 86.3 Å². The lowest BCUT2D eigenvalue weighted by atomic mass is 9.83. The normalized spacial score (nSPS) is 19.2. The van der Waals surface area contributed by atoms with Gasteiger partial charge in [-0.25, -0.2) is 0 Å². The van der Waals surface area contributed by atoms with Gasteiger partial charge in [-0.15, -0.1) is 0 Å². The Bertz CT molecular complexity index is 1160. The summed E-state index contributed by atoms with van der Waals surface area (Å²) in [5.74, 6) is -0.592. The highest BCUT2D eigenvalue weighted by molar-refractivity contribution is 7.85. The van der Waals surface area contributed by atoms with Crippen molar-refractivity contribution in [2.75, 3.05) is 12.3 Å². The summed E-state index contributed by atoms with van der Waals surface area (Å²) in [6.07, 6.45) is 4.76. The molecule has 0 spiro atoms. The second kappa shape index (κ2) is 12.2. The van der Waals surface area contributed by atoms with E-state index in [9.17, 15) is 18.0 Å². The number of rotatable bonds is 9. The predicted octanol–water partition coefficient (Wildman–Crippen LogP) is 4.62. The number of amides is 2. The van der Waals surface area contributed by atoms with E-state index in [0.29, 0.717) is 17.9 Å². The summed E-state index contributed by atoms with van der Waals surface area (Å²) in [7, 11) is -4.13. The summed E-state index contributed by atoms with van der Waals surface area (Å²) < 4.78 is 30.5. The molecule has 0 saturated heterocycles. The van der Waals surface area contributed by atoms with Crippen LogP contribution in [0.25, 0.3) is 0 Å². The molecule has 1 aliphatic rings. The van der Waals surface area contributed by atoms with Gasteiger partial charge in [0.25, 0.3) is 16.0 Å². The number of nitrogens with one attached hydrogen (secondary N) is 2. The van der Waals surface area contributed by atoms with Gasteiger partial charge in [-0.2, -0.15) is 8.42 Å². The third-order valence-corrected chi connectivity index (χ3v) is 7.88. The van der Waals surface area contributed by atoms with Crippen LogP contribution in [0.2, 0.25) is 0 Å². The lowest BCUT2D eigenvalue weighted by Crippen LogP contribution is -2.40. The predicted molar refractivity (Wildman–Crippen MR) is 146 cm³/mol. The molecule has 1 saturated carbocycles. The minimum absolute atomic E-state index is 0.0207. The van der Waals surface area contributed by atoms with Gasteiger partial charge in [-0.3, -0.25) is 14.1 Å². The zero-order valence-electron chi connectivity index (χ0n) is 22.3. The summed E-state index contributed by atoms with van der Waals surface area (Å²) in [5, 5.41) is 5.78. The minimum Gasteiger partial charge on any atom is -0.353 e. The molecule has 202 valence electrons. The fourth-order valence-electron chi connectivity index (χ4n) is 4.71. The number of carbonyl (C=O) groups is 2. The van der Waals surface area contributed by atoms with Crippen molar-refractivity contribution in [2.24, 2.45) is 5.92 Å². The molecule has 0 heterocycles. The topological polar surface area (TPSA) is 113 Å². The van der Waals surface area contributed by atoms with E-state index in [1.54, 1.807) is 12.1 Å². The molecule has 1 unspecified atom stereocenters. The minimum atomic E-state index is -4.13. The van der Waals surface area contributed by atoms with E-state index in [4.69, 9.17) is 4.55 Å². The number of carbonyl (C=O) groups excluding carboxylic acids is 2. The molecule has 0 aromatic heterocycles. The van der Waals surface area contributed by atoms with Gasteiger partial charge in [-0.05, 0) is 72.3 Å². The van der Waals surface area contributed by atoms with E-state index >= 15 is 0 Å². The standard InChI is InChI=1S/C29H40N2O5S/c1-20-5-15-25(16-6-20)31-28(33)26(22-11-13-24(14-12-22)29(2,3)4)19-21-7-9-23(10-8-21)27(32)30-17-18-37(34,35)36/h7-14,20,25-26H,5-6,15-19H2,1-4H3,(H,30,32)(H,31,33)(H,34,35,36). The molecular formula is C29H40N2O5S. The van der Waals surface area contributed by atoms with E-state index in [2.05, 4.69) is 50.5 Å². The Hall–Kier alpha value is -2.71. The largest absolute Gasteiger partial charge is 0.353 e. The van der Waals surface area contributed by atoms with Gasteiger partial charge < -0.3 is 10.6 Å². The Balaban J connectivity index is 1.74. The maximum Gasteiger partial charge on any atom is 0.266 e. The maximum absolute atomic E-state index is 13.5. The Kier molecular flexibility index (Phi) is 9.53. The van der Waals surface area contributed by atoms with Crippen LogP contribution in [-0.4, -0.2) is 43.1 Å². The first kappa shape index (κ1) is 28.9. The van der Waals surface area contributed by atoms with Crippen LogP contribution in [0.4, 0.5) is 0 Å². The zero-order chi connectivity index (χ0) is 27.2. The number of hydrogen-bond acceptors (Lipinski definition) is 4. The summed E-state index contributed by atoms with van der Waals surface area (Å²) in [6.45, 7) is 8.58. The smallest absolute Gasteiger partial charge is 0.266 e. The van der Waals surface area contributed by atoms with E-state index in [-0.39, 0.29) is 29.8 Å². The van der Waals surface area contributed by atoms with Crippen molar-refractivity contribution in [3.05, 3.63) is 70.8 Å². The average Bonchev–Trinajstić information content (AvgIpc) is 2.83. The van der Waals surface area contributed by atoms with Gasteiger partial charge in [0.15, 0.2) is 0 Å². The van der Waals surface area contributed by atoms with E-state index in [1.807, 2.05) is 24.3 Å². The molecule has 1 fully saturated rings. The lowest BCUT2D eigenvalue weighted by molar-refractivity contribution is -0.123. The number of hydrogen-bond donors (Lipinski definition) is 3. The van der Waals surface area contributed by atoms with Crippen molar-refractivity contribution < 1.29 is 22.6 Å². The molecule has 0 bridgehead atoms. The van der Waals surface area contributed by atoms with Gasteiger partial charge in [0, 0.05) is 18.2 Å². The summed E-state index contributed by atoms with van der Waals surface area (Å²) in [4.78, 5) is 25.8. The van der Waals surface area contributed by atoms with Crippen LogP contribution in [0.3, 0.4) is 0 Å². The molecule has 7 nitrogen and oxygen atoms in total. The first-order valence-corrected chi connectivity index (χ1v) is 14.7. The highest BCUT2D eigenvalue weighted by atomic mass is 32.2. The molecule has 37 heavy (non-hydrogen) atoms. The third-order valence-electron chi connectivity index (χ3n) is 7.16. The van der Waals surface area contributed by atoms with E-state index < -0.39 is 21.8 Å². The van der Waals surface area contributed by atoms with Crippen LogP contribution in [0.5, 0.6) is 0 Å². The number of benzene rings is 2.